The van der Waals surface area contributed by atoms with Crippen molar-refractivity contribution in [2.24, 2.45) is 0 Å². The summed E-state index contributed by atoms with van der Waals surface area (Å²) in [5, 5.41) is 4.95. The smallest absolute Gasteiger partial charge is 0.218 e. The van der Waals surface area contributed by atoms with E-state index in [2.05, 4.69) is 15.1 Å². The summed E-state index contributed by atoms with van der Waals surface area (Å²) in [6.07, 6.45) is 4.43. The molecule has 0 radical (unpaired) electrons. The predicted octanol–water partition coefficient (Wildman–Crippen LogP) is 2.19. The van der Waals surface area contributed by atoms with E-state index in [0.717, 1.165) is 5.56 Å². The zero-order valence-corrected chi connectivity index (χ0v) is 12.2. The van der Waals surface area contributed by atoms with Crippen molar-refractivity contribution >= 4 is 23.2 Å². The number of carbonyl (C=O) groups excluding carboxylic acids is 1. The van der Waals surface area contributed by atoms with Gasteiger partial charge in [0.25, 0.3) is 0 Å². The molecule has 0 fully saturated rings. The van der Waals surface area contributed by atoms with Gasteiger partial charge in [0.1, 0.15) is 17.8 Å². The number of nitrogen functional groups attached to an aromatic ring is 1. The van der Waals surface area contributed by atoms with E-state index in [0.29, 0.717) is 17.3 Å². The summed E-state index contributed by atoms with van der Waals surface area (Å²) < 4.78 is 1.68. The summed E-state index contributed by atoms with van der Waals surface area (Å²) >= 11 is 5.85. The van der Waals surface area contributed by atoms with E-state index in [1.165, 1.54) is 12.5 Å². The first kappa shape index (κ1) is 14.2. The van der Waals surface area contributed by atoms with Gasteiger partial charge in [0.2, 0.25) is 5.78 Å². The molecule has 2 heterocycles. The SMILES string of the molecule is Nc1ncncc1C(=O)c1ccn(Cc2ccc(Cl)cc2)n1. The van der Waals surface area contributed by atoms with Crippen molar-refractivity contribution in [2.75, 3.05) is 5.73 Å². The van der Waals surface area contributed by atoms with Gasteiger partial charge in [-0.2, -0.15) is 5.10 Å². The van der Waals surface area contributed by atoms with Crippen molar-refractivity contribution in [1.29, 1.82) is 0 Å². The number of hydrogen-bond acceptors (Lipinski definition) is 5. The van der Waals surface area contributed by atoms with E-state index in [4.69, 9.17) is 17.3 Å². The van der Waals surface area contributed by atoms with Crippen LogP contribution in [0.25, 0.3) is 0 Å². The van der Waals surface area contributed by atoms with Gasteiger partial charge in [-0.3, -0.25) is 9.48 Å². The number of benzene rings is 1. The van der Waals surface area contributed by atoms with Crippen molar-refractivity contribution < 1.29 is 4.79 Å². The number of halogens is 1. The number of hydrogen-bond donors (Lipinski definition) is 1. The second-order valence-electron chi connectivity index (χ2n) is 4.68. The molecule has 22 heavy (non-hydrogen) atoms. The fourth-order valence-electron chi connectivity index (χ4n) is 2.00. The Labute approximate surface area is 131 Å². The largest absolute Gasteiger partial charge is 0.383 e. The second-order valence-corrected chi connectivity index (χ2v) is 5.11. The number of rotatable bonds is 4. The van der Waals surface area contributed by atoms with Crippen LogP contribution in [-0.2, 0) is 6.54 Å². The Hall–Kier alpha value is -2.73. The summed E-state index contributed by atoms with van der Waals surface area (Å²) in [5.74, 6) is -0.153. The Morgan fingerprint density at radius 2 is 2.00 bits per heavy atom. The number of anilines is 1. The Morgan fingerprint density at radius 1 is 1.23 bits per heavy atom. The fraction of sp³-hybridized carbons (Fsp3) is 0.0667. The molecule has 2 aromatic heterocycles. The molecule has 6 nitrogen and oxygen atoms in total. The quantitative estimate of drug-likeness (QED) is 0.746. The maximum absolute atomic E-state index is 12.3. The molecule has 0 aliphatic rings. The van der Waals surface area contributed by atoms with Crippen LogP contribution < -0.4 is 5.73 Å². The minimum atomic E-state index is -0.298. The highest BCUT2D eigenvalue weighted by Crippen LogP contribution is 2.13. The van der Waals surface area contributed by atoms with Gasteiger partial charge in [0, 0.05) is 17.4 Å². The maximum Gasteiger partial charge on any atom is 0.218 e. The Bertz CT molecular complexity index is 813. The lowest BCUT2D eigenvalue weighted by atomic mass is 10.1. The number of nitrogens with two attached hydrogens (primary N) is 1. The van der Waals surface area contributed by atoms with Gasteiger partial charge in [-0.05, 0) is 23.8 Å². The van der Waals surface area contributed by atoms with Crippen LogP contribution in [0.2, 0.25) is 5.02 Å². The Balaban J connectivity index is 1.80. The molecule has 0 saturated carbocycles. The molecule has 0 atom stereocenters. The first-order valence-electron chi connectivity index (χ1n) is 6.51. The summed E-state index contributed by atoms with van der Waals surface area (Å²) in [5.41, 5.74) is 7.27. The van der Waals surface area contributed by atoms with E-state index in [1.54, 1.807) is 16.9 Å². The van der Waals surface area contributed by atoms with Gasteiger partial charge >= 0.3 is 0 Å². The zero-order valence-electron chi connectivity index (χ0n) is 11.5. The Morgan fingerprint density at radius 3 is 2.73 bits per heavy atom. The highest BCUT2D eigenvalue weighted by molar-refractivity contribution is 6.30. The summed E-state index contributed by atoms with van der Waals surface area (Å²) in [6, 6.07) is 9.09. The van der Waals surface area contributed by atoms with Crippen molar-refractivity contribution in [3.8, 4) is 0 Å². The third kappa shape index (κ3) is 2.96. The first-order valence-corrected chi connectivity index (χ1v) is 6.89. The van der Waals surface area contributed by atoms with Gasteiger partial charge in [-0.25, -0.2) is 9.97 Å². The monoisotopic (exact) mass is 313 g/mol. The summed E-state index contributed by atoms with van der Waals surface area (Å²) in [4.78, 5) is 19.9. The average molecular weight is 314 g/mol. The molecular weight excluding hydrogens is 302 g/mol. The van der Waals surface area contributed by atoms with Gasteiger partial charge in [-0.15, -0.1) is 0 Å². The summed E-state index contributed by atoms with van der Waals surface area (Å²) in [7, 11) is 0. The second kappa shape index (κ2) is 5.95. The standard InChI is InChI=1S/C15H12ClN5O/c16-11-3-1-10(2-4-11)8-21-6-5-13(20-21)14(22)12-7-18-9-19-15(12)17/h1-7,9H,8H2,(H2,17,18,19). The maximum atomic E-state index is 12.3. The fourth-order valence-corrected chi connectivity index (χ4v) is 2.13. The van der Waals surface area contributed by atoms with Crippen LogP contribution >= 0.6 is 11.6 Å². The molecule has 0 aliphatic carbocycles. The number of nitrogens with zero attached hydrogens (tertiary/aromatic N) is 4. The van der Waals surface area contributed by atoms with Crippen LogP contribution in [0.1, 0.15) is 21.6 Å². The van der Waals surface area contributed by atoms with Gasteiger partial charge < -0.3 is 5.73 Å². The topological polar surface area (TPSA) is 86.7 Å². The van der Waals surface area contributed by atoms with E-state index in [1.807, 2.05) is 24.3 Å². The predicted molar refractivity (Wildman–Crippen MR) is 82.7 cm³/mol. The van der Waals surface area contributed by atoms with Crippen LogP contribution in [0.3, 0.4) is 0 Å². The summed E-state index contributed by atoms with van der Waals surface area (Å²) in [6.45, 7) is 0.547. The van der Waals surface area contributed by atoms with Gasteiger partial charge in [-0.1, -0.05) is 23.7 Å². The lowest BCUT2D eigenvalue weighted by Crippen LogP contribution is -2.09. The third-order valence-electron chi connectivity index (χ3n) is 3.12. The number of ketones is 1. The molecule has 0 saturated heterocycles. The normalized spacial score (nSPS) is 10.6. The van der Waals surface area contributed by atoms with Gasteiger partial charge in [0.15, 0.2) is 0 Å². The van der Waals surface area contributed by atoms with Gasteiger partial charge in [0.05, 0.1) is 12.1 Å². The molecule has 2 N–H and O–H groups in total. The molecule has 7 heteroatoms. The minimum absolute atomic E-state index is 0.146. The van der Waals surface area contributed by atoms with E-state index < -0.39 is 0 Å². The van der Waals surface area contributed by atoms with Crippen molar-refractivity contribution in [3.63, 3.8) is 0 Å². The lowest BCUT2D eigenvalue weighted by molar-refractivity contribution is 0.103. The molecule has 110 valence electrons. The Kier molecular flexibility index (Phi) is 3.84. The van der Waals surface area contributed by atoms with Crippen molar-refractivity contribution in [3.05, 3.63) is 70.9 Å². The third-order valence-corrected chi connectivity index (χ3v) is 3.37. The lowest BCUT2D eigenvalue weighted by Gasteiger charge is -2.02. The molecule has 0 bridgehead atoms. The molecule has 3 rings (SSSR count). The van der Waals surface area contributed by atoms with Crippen molar-refractivity contribution in [1.82, 2.24) is 19.7 Å². The molecule has 1 aromatic carbocycles. The molecule has 0 spiro atoms. The van der Waals surface area contributed by atoms with Crippen LogP contribution in [-0.4, -0.2) is 25.5 Å². The van der Waals surface area contributed by atoms with E-state index in [-0.39, 0.29) is 17.2 Å². The zero-order chi connectivity index (χ0) is 15.5. The molecule has 0 aliphatic heterocycles. The van der Waals surface area contributed by atoms with Crippen LogP contribution in [0.15, 0.2) is 49.1 Å². The minimum Gasteiger partial charge on any atom is -0.383 e. The molecule has 3 aromatic rings. The molecule has 0 unspecified atom stereocenters. The number of carbonyl (C=O) groups is 1. The highest BCUT2D eigenvalue weighted by atomic mass is 35.5. The van der Waals surface area contributed by atoms with Crippen LogP contribution in [0, 0.1) is 0 Å². The molecule has 0 amide bonds. The van der Waals surface area contributed by atoms with Crippen molar-refractivity contribution in [2.45, 2.75) is 6.54 Å². The number of aromatic nitrogens is 4. The van der Waals surface area contributed by atoms with E-state index >= 15 is 0 Å². The average Bonchev–Trinajstić information content (AvgIpc) is 2.98. The first-order chi connectivity index (χ1) is 10.6. The van der Waals surface area contributed by atoms with Crippen LogP contribution in [0.4, 0.5) is 5.82 Å². The highest BCUT2D eigenvalue weighted by Gasteiger charge is 2.16. The molecular formula is C15H12ClN5O. The van der Waals surface area contributed by atoms with Crippen LogP contribution in [0.5, 0.6) is 0 Å². The van der Waals surface area contributed by atoms with E-state index in [9.17, 15) is 4.79 Å².